The van der Waals surface area contributed by atoms with E-state index in [1.807, 2.05) is 6.20 Å². The molecule has 2 N–H and O–H groups in total. The van der Waals surface area contributed by atoms with Crippen LogP contribution in [0.2, 0.25) is 0 Å². The maximum Gasteiger partial charge on any atom is 0.0602 e. The van der Waals surface area contributed by atoms with E-state index in [0.29, 0.717) is 0 Å². The van der Waals surface area contributed by atoms with Gasteiger partial charge in [0, 0.05) is 31.1 Å². The number of hydrogen-bond donors (Lipinski definition) is 1. The molecule has 4 bridgehead atoms. The first kappa shape index (κ1) is 11.8. The zero-order valence-electron chi connectivity index (χ0n) is 11.4. The van der Waals surface area contributed by atoms with Gasteiger partial charge < -0.3 is 5.73 Å². The lowest BCUT2D eigenvalue weighted by atomic mass is 9.50. The largest absolute Gasteiger partial charge is 0.327 e. The van der Waals surface area contributed by atoms with E-state index in [4.69, 9.17) is 5.73 Å². The third-order valence-corrected chi connectivity index (χ3v) is 5.86. The summed E-state index contributed by atoms with van der Waals surface area (Å²) in [6.07, 6.45) is 13.6. The van der Waals surface area contributed by atoms with Crippen LogP contribution in [0.1, 0.15) is 37.8 Å². The van der Waals surface area contributed by atoms with Gasteiger partial charge in [0.1, 0.15) is 0 Å². The van der Waals surface area contributed by atoms with Gasteiger partial charge in [0.2, 0.25) is 0 Å². The number of nitrogens with two attached hydrogens (primary N) is 1. The Morgan fingerprint density at radius 2 is 1.74 bits per heavy atom. The molecule has 1 aromatic heterocycles. The minimum absolute atomic E-state index is 0.284. The van der Waals surface area contributed by atoms with Crippen molar-refractivity contribution < 1.29 is 0 Å². The summed E-state index contributed by atoms with van der Waals surface area (Å²) < 4.78 is 0. The van der Waals surface area contributed by atoms with Crippen LogP contribution in [0.5, 0.6) is 0 Å². The molecule has 1 atom stereocenters. The van der Waals surface area contributed by atoms with Gasteiger partial charge in [0.25, 0.3) is 0 Å². The fourth-order valence-corrected chi connectivity index (χ4v) is 5.48. The Morgan fingerprint density at radius 3 is 2.32 bits per heavy atom. The topological polar surface area (TPSA) is 51.8 Å². The molecule has 4 aliphatic carbocycles. The van der Waals surface area contributed by atoms with E-state index in [1.165, 1.54) is 32.1 Å². The minimum Gasteiger partial charge on any atom is -0.327 e. The molecule has 3 heteroatoms. The Morgan fingerprint density at radius 1 is 1.05 bits per heavy atom. The van der Waals surface area contributed by atoms with Crippen LogP contribution in [-0.2, 0) is 6.42 Å². The standard InChI is InChI=1S/C16H23N3/c17-15(8-14-9-18-1-2-19-14)16-12-4-10-3-11(6-12)7-13(16)5-10/h1-2,9-13,15-16H,3-8,17H2. The van der Waals surface area contributed by atoms with Gasteiger partial charge in [-0.2, -0.15) is 0 Å². The van der Waals surface area contributed by atoms with Crippen molar-refractivity contribution in [3.63, 3.8) is 0 Å². The molecule has 4 saturated carbocycles. The maximum atomic E-state index is 6.56. The van der Waals surface area contributed by atoms with Gasteiger partial charge in [0.05, 0.1) is 5.69 Å². The van der Waals surface area contributed by atoms with E-state index < -0.39 is 0 Å². The average molecular weight is 257 g/mol. The molecule has 1 unspecified atom stereocenters. The van der Waals surface area contributed by atoms with Gasteiger partial charge in [-0.1, -0.05) is 0 Å². The van der Waals surface area contributed by atoms with Gasteiger partial charge in [-0.25, -0.2) is 0 Å². The molecule has 3 nitrogen and oxygen atoms in total. The maximum absolute atomic E-state index is 6.56. The normalized spacial score (nSPS) is 41.4. The fraction of sp³-hybridized carbons (Fsp3) is 0.750. The van der Waals surface area contributed by atoms with Crippen LogP contribution in [0, 0.1) is 29.6 Å². The summed E-state index contributed by atoms with van der Waals surface area (Å²) >= 11 is 0. The van der Waals surface area contributed by atoms with Gasteiger partial charge in [0.15, 0.2) is 0 Å². The molecule has 4 fully saturated rings. The Balaban J connectivity index is 1.50. The molecule has 0 aromatic carbocycles. The lowest BCUT2D eigenvalue weighted by Gasteiger charge is -2.56. The lowest BCUT2D eigenvalue weighted by molar-refractivity contribution is -0.0465. The average Bonchev–Trinajstić information content (AvgIpc) is 2.38. The molecular formula is C16H23N3. The van der Waals surface area contributed by atoms with E-state index in [-0.39, 0.29) is 6.04 Å². The predicted molar refractivity (Wildman–Crippen MR) is 74.2 cm³/mol. The Kier molecular flexibility index (Phi) is 2.83. The summed E-state index contributed by atoms with van der Waals surface area (Å²) in [6, 6.07) is 0.284. The molecule has 0 spiro atoms. The zero-order chi connectivity index (χ0) is 12.8. The lowest BCUT2D eigenvalue weighted by Crippen LogP contribution is -2.52. The molecule has 0 radical (unpaired) electrons. The third-order valence-electron chi connectivity index (χ3n) is 5.86. The quantitative estimate of drug-likeness (QED) is 0.904. The highest BCUT2D eigenvalue weighted by Gasteiger charge is 2.49. The molecule has 4 aliphatic rings. The summed E-state index contributed by atoms with van der Waals surface area (Å²) in [5.74, 6) is 4.62. The van der Waals surface area contributed by atoms with Crippen molar-refractivity contribution in [2.24, 2.45) is 35.3 Å². The molecule has 19 heavy (non-hydrogen) atoms. The first-order valence-corrected chi connectivity index (χ1v) is 7.80. The molecule has 5 rings (SSSR count). The second-order valence-electron chi connectivity index (χ2n) is 7.07. The predicted octanol–water partition coefficient (Wildman–Crippen LogP) is 2.42. The summed E-state index contributed by atoms with van der Waals surface area (Å²) in [6.45, 7) is 0. The van der Waals surface area contributed by atoms with Crippen molar-refractivity contribution in [2.45, 2.75) is 44.6 Å². The van der Waals surface area contributed by atoms with Crippen LogP contribution >= 0.6 is 0 Å². The van der Waals surface area contributed by atoms with Crippen molar-refractivity contribution in [3.8, 4) is 0 Å². The fourth-order valence-electron chi connectivity index (χ4n) is 5.48. The van der Waals surface area contributed by atoms with E-state index in [1.54, 1.807) is 12.4 Å². The number of aromatic nitrogens is 2. The number of rotatable bonds is 3. The number of hydrogen-bond acceptors (Lipinski definition) is 3. The minimum atomic E-state index is 0.284. The molecule has 0 amide bonds. The first-order chi connectivity index (χ1) is 9.29. The van der Waals surface area contributed by atoms with E-state index in [0.717, 1.165) is 41.7 Å². The zero-order valence-corrected chi connectivity index (χ0v) is 11.4. The molecular weight excluding hydrogens is 234 g/mol. The van der Waals surface area contributed by atoms with Gasteiger partial charge >= 0.3 is 0 Å². The monoisotopic (exact) mass is 257 g/mol. The summed E-state index contributed by atoms with van der Waals surface area (Å²) in [4.78, 5) is 8.54. The molecule has 0 aliphatic heterocycles. The van der Waals surface area contributed by atoms with Crippen molar-refractivity contribution in [1.29, 1.82) is 0 Å². The van der Waals surface area contributed by atoms with Crippen molar-refractivity contribution in [2.75, 3.05) is 0 Å². The second kappa shape index (κ2) is 4.55. The summed E-state index contributed by atoms with van der Waals surface area (Å²) in [5, 5.41) is 0. The van der Waals surface area contributed by atoms with E-state index in [2.05, 4.69) is 9.97 Å². The van der Waals surface area contributed by atoms with Gasteiger partial charge in [-0.3, -0.25) is 9.97 Å². The van der Waals surface area contributed by atoms with Gasteiger partial charge in [-0.05, 0) is 61.7 Å². The SMILES string of the molecule is NC(Cc1cnccn1)C1C2CC3CC(C2)CC1C3. The molecule has 102 valence electrons. The first-order valence-electron chi connectivity index (χ1n) is 7.80. The number of nitrogens with zero attached hydrogens (tertiary/aromatic N) is 2. The third kappa shape index (κ3) is 2.08. The highest BCUT2D eigenvalue weighted by Crippen LogP contribution is 2.57. The second-order valence-corrected chi connectivity index (χ2v) is 7.07. The van der Waals surface area contributed by atoms with Crippen molar-refractivity contribution >= 4 is 0 Å². The van der Waals surface area contributed by atoms with Crippen LogP contribution in [0.3, 0.4) is 0 Å². The molecule has 1 aromatic rings. The summed E-state index contributed by atoms with van der Waals surface area (Å²) in [5.41, 5.74) is 7.62. The molecule has 1 heterocycles. The molecule has 0 saturated heterocycles. The smallest absolute Gasteiger partial charge is 0.0602 e. The van der Waals surface area contributed by atoms with Crippen LogP contribution in [0.15, 0.2) is 18.6 Å². The van der Waals surface area contributed by atoms with E-state index >= 15 is 0 Å². The highest BCUT2D eigenvalue weighted by atomic mass is 14.8. The summed E-state index contributed by atoms with van der Waals surface area (Å²) in [7, 11) is 0. The Labute approximate surface area is 115 Å². The van der Waals surface area contributed by atoms with Gasteiger partial charge in [-0.15, -0.1) is 0 Å². The Bertz CT molecular complexity index is 417. The van der Waals surface area contributed by atoms with Crippen molar-refractivity contribution in [1.82, 2.24) is 9.97 Å². The van der Waals surface area contributed by atoms with Crippen LogP contribution in [-0.4, -0.2) is 16.0 Å². The Hall–Kier alpha value is -0.960. The van der Waals surface area contributed by atoms with Crippen LogP contribution in [0.25, 0.3) is 0 Å². The van der Waals surface area contributed by atoms with Crippen LogP contribution < -0.4 is 5.73 Å². The van der Waals surface area contributed by atoms with Crippen LogP contribution in [0.4, 0.5) is 0 Å². The van der Waals surface area contributed by atoms with E-state index in [9.17, 15) is 0 Å². The highest BCUT2D eigenvalue weighted by molar-refractivity contribution is 5.05. The van der Waals surface area contributed by atoms with Crippen molar-refractivity contribution in [3.05, 3.63) is 24.3 Å².